The maximum atomic E-state index is 11.7. The van der Waals surface area contributed by atoms with Gasteiger partial charge in [-0.1, -0.05) is 6.08 Å². The predicted molar refractivity (Wildman–Crippen MR) is 125 cm³/mol. The standard InChI is InChI=1S/C25H21N3O3S/c29-24-6-2-19-23(7-9-26-25(19)28-24)31-18-1-5-22-16(12-18)11-17(13-30-22)21-4-3-20(27-21)15-8-10-32-14-15/h1,3,5,7-10,12,14,17H,2,4,6,11,13H2,(H,26,28,29). The summed E-state index contributed by atoms with van der Waals surface area (Å²) in [6.07, 6.45) is 6.68. The molecule has 3 aromatic rings. The molecule has 1 amide bonds. The molecule has 0 bridgehead atoms. The predicted octanol–water partition coefficient (Wildman–Crippen LogP) is 5.26. The van der Waals surface area contributed by atoms with Crippen molar-refractivity contribution < 1.29 is 14.3 Å². The lowest BCUT2D eigenvalue weighted by atomic mass is 9.91. The van der Waals surface area contributed by atoms with E-state index in [4.69, 9.17) is 14.5 Å². The zero-order valence-corrected chi connectivity index (χ0v) is 18.2. The summed E-state index contributed by atoms with van der Waals surface area (Å²) >= 11 is 1.69. The van der Waals surface area contributed by atoms with E-state index in [1.807, 2.05) is 18.2 Å². The topological polar surface area (TPSA) is 72.8 Å². The number of aliphatic imine (C=N–C) groups is 1. The molecule has 3 aliphatic heterocycles. The minimum absolute atomic E-state index is 0.00871. The Hall–Kier alpha value is -3.45. The summed E-state index contributed by atoms with van der Waals surface area (Å²) in [5.74, 6) is 3.23. The first kappa shape index (κ1) is 19.3. The van der Waals surface area contributed by atoms with E-state index in [1.165, 1.54) is 11.3 Å². The summed E-state index contributed by atoms with van der Waals surface area (Å²) in [5.41, 5.74) is 5.50. The quantitative estimate of drug-likeness (QED) is 0.597. The summed E-state index contributed by atoms with van der Waals surface area (Å²) < 4.78 is 12.3. The lowest BCUT2D eigenvalue weighted by Crippen LogP contribution is -2.27. The third-order valence-electron chi connectivity index (χ3n) is 6.10. The zero-order chi connectivity index (χ0) is 21.5. The molecule has 5 heterocycles. The Balaban J connectivity index is 1.21. The van der Waals surface area contributed by atoms with Crippen molar-refractivity contribution in [2.24, 2.45) is 10.9 Å². The monoisotopic (exact) mass is 443 g/mol. The van der Waals surface area contributed by atoms with Gasteiger partial charge in [0.15, 0.2) is 0 Å². The fourth-order valence-corrected chi connectivity index (χ4v) is 5.08. The van der Waals surface area contributed by atoms with Gasteiger partial charge in [-0.25, -0.2) is 4.98 Å². The van der Waals surface area contributed by atoms with Gasteiger partial charge in [0.1, 0.15) is 23.1 Å². The van der Waals surface area contributed by atoms with Gasteiger partial charge in [-0.2, -0.15) is 11.3 Å². The highest BCUT2D eigenvalue weighted by atomic mass is 32.1. The number of rotatable bonds is 4. The van der Waals surface area contributed by atoms with Crippen LogP contribution < -0.4 is 14.8 Å². The van der Waals surface area contributed by atoms with E-state index in [0.29, 0.717) is 25.3 Å². The molecule has 0 radical (unpaired) electrons. The normalized spacial score (nSPS) is 19.2. The number of anilines is 1. The molecule has 160 valence electrons. The first-order valence-corrected chi connectivity index (χ1v) is 11.7. The molecule has 1 unspecified atom stereocenters. The molecular formula is C25H21N3O3S. The summed E-state index contributed by atoms with van der Waals surface area (Å²) in [6, 6.07) is 9.92. The van der Waals surface area contributed by atoms with Crippen molar-refractivity contribution in [1.82, 2.24) is 4.98 Å². The lowest BCUT2D eigenvalue weighted by Gasteiger charge is -2.26. The largest absolute Gasteiger partial charge is 0.493 e. The number of amides is 1. The first-order valence-electron chi connectivity index (χ1n) is 10.7. The van der Waals surface area contributed by atoms with Crippen LogP contribution in [0.4, 0.5) is 5.82 Å². The number of thiophene rings is 1. The molecule has 1 atom stereocenters. The fourth-order valence-electron chi connectivity index (χ4n) is 4.43. The molecule has 6 rings (SSSR count). The average molecular weight is 444 g/mol. The lowest BCUT2D eigenvalue weighted by molar-refractivity contribution is -0.116. The summed E-state index contributed by atoms with van der Waals surface area (Å²) in [6.45, 7) is 0.647. The van der Waals surface area contributed by atoms with Crippen LogP contribution >= 0.6 is 11.3 Å². The molecule has 6 nitrogen and oxygen atoms in total. The highest BCUT2D eigenvalue weighted by molar-refractivity contribution is 7.08. The molecule has 1 aromatic carbocycles. The number of fused-ring (bicyclic) bond motifs is 2. The van der Waals surface area contributed by atoms with Crippen LogP contribution in [0, 0.1) is 5.92 Å². The number of nitrogens with zero attached hydrogens (tertiary/aromatic N) is 2. The van der Waals surface area contributed by atoms with Gasteiger partial charge in [0.05, 0.1) is 12.3 Å². The molecule has 1 N–H and O–H groups in total. The smallest absolute Gasteiger partial charge is 0.225 e. The molecule has 0 saturated carbocycles. The van der Waals surface area contributed by atoms with Gasteiger partial charge in [-0.15, -0.1) is 0 Å². The number of carbonyl (C=O) groups is 1. The number of allylic oxidation sites excluding steroid dienone is 1. The molecule has 0 saturated heterocycles. The fraction of sp³-hybridized carbons (Fsp3) is 0.240. The third-order valence-corrected chi connectivity index (χ3v) is 6.78. The maximum Gasteiger partial charge on any atom is 0.225 e. The van der Waals surface area contributed by atoms with Gasteiger partial charge in [0, 0.05) is 47.2 Å². The SMILES string of the molecule is O=C1CCc2c(Oc3ccc4c(c3)CC(C3=NC(c5ccsc5)=CC3)CO4)ccnc2N1. The number of carbonyl (C=O) groups excluding carboxylic acids is 1. The van der Waals surface area contributed by atoms with Crippen molar-refractivity contribution in [2.45, 2.75) is 25.7 Å². The van der Waals surface area contributed by atoms with Crippen molar-refractivity contribution >= 4 is 34.5 Å². The molecule has 0 fully saturated rings. The van der Waals surface area contributed by atoms with E-state index >= 15 is 0 Å². The van der Waals surface area contributed by atoms with Crippen molar-refractivity contribution in [2.75, 3.05) is 11.9 Å². The van der Waals surface area contributed by atoms with Crippen LogP contribution in [0.2, 0.25) is 0 Å². The average Bonchev–Trinajstić information content (AvgIpc) is 3.51. The Morgan fingerprint density at radius 2 is 2.16 bits per heavy atom. The number of pyridine rings is 1. The van der Waals surface area contributed by atoms with E-state index in [0.717, 1.165) is 46.9 Å². The van der Waals surface area contributed by atoms with E-state index < -0.39 is 0 Å². The number of aromatic nitrogens is 1. The molecule has 0 aliphatic carbocycles. The number of hydrogen-bond donors (Lipinski definition) is 1. The third kappa shape index (κ3) is 3.58. The van der Waals surface area contributed by atoms with Gasteiger partial charge in [-0.05, 0) is 54.1 Å². The Morgan fingerprint density at radius 3 is 3.06 bits per heavy atom. The van der Waals surface area contributed by atoms with Gasteiger partial charge in [0.2, 0.25) is 5.91 Å². The van der Waals surface area contributed by atoms with E-state index in [9.17, 15) is 4.79 Å². The second kappa shape index (κ2) is 7.91. The summed E-state index contributed by atoms with van der Waals surface area (Å²) in [7, 11) is 0. The van der Waals surface area contributed by atoms with Crippen LogP contribution in [-0.4, -0.2) is 23.2 Å². The highest BCUT2D eigenvalue weighted by Crippen LogP contribution is 2.37. The highest BCUT2D eigenvalue weighted by Gasteiger charge is 2.27. The molecule has 2 aromatic heterocycles. The van der Waals surface area contributed by atoms with Crippen molar-refractivity contribution in [1.29, 1.82) is 0 Å². The van der Waals surface area contributed by atoms with Gasteiger partial charge >= 0.3 is 0 Å². The van der Waals surface area contributed by atoms with E-state index in [1.54, 1.807) is 17.5 Å². The molecule has 32 heavy (non-hydrogen) atoms. The van der Waals surface area contributed by atoms with Crippen LogP contribution in [0.25, 0.3) is 5.70 Å². The molecular weight excluding hydrogens is 422 g/mol. The Bertz CT molecular complexity index is 1260. The number of benzene rings is 1. The Kier molecular flexibility index (Phi) is 4.76. The van der Waals surface area contributed by atoms with Crippen LogP contribution in [0.5, 0.6) is 17.2 Å². The van der Waals surface area contributed by atoms with E-state index in [-0.39, 0.29) is 11.8 Å². The van der Waals surface area contributed by atoms with Crippen LogP contribution in [0.15, 0.2) is 58.4 Å². The molecule has 7 heteroatoms. The summed E-state index contributed by atoms with van der Waals surface area (Å²) in [5, 5.41) is 7.04. The second-order valence-corrected chi connectivity index (χ2v) is 8.96. The van der Waals surface area contributed by atoms with Crippen LogP contribution in [0.3, 0.4) is 0 Å². The second-order valence-electron chi connectivity index (χ2n) is 8.18. The number of nitrogens with one attached hydrogen (secondary N) is 1. The van der Waals surface area contributed by atoms with Gasteiger partial charge in [-0.3, -0.25) is 9.79 Å². The maximum absolute atomic E-state index is 11.7. The van der Waals surface area contributed by atoms with Crippen molar-refractivity contribution in [3.05, 3.63) is 70.1 Å². The van der Waals surface area contributed by atoms with Gasteiger partial charge in [0.25, 0.3) is 0 Å². The molecule has 0 spiro atoms. The van der Waals surface area contributed by atoms with Crippen LogP contribution in [-0.2, 0) is 17.6 Å². The van der Waals surface area contributed by atoms with Crippen molar-refractivity contribution in [3.63, 3.8) is 0 Å². The number of hydrogen-bond acceptors (Lipinski definition) is 6. The van der Waals surface area contributed by atoms with Crippen LogP contribution in [0.1, 0.15) is 29.5 Å². The zero-order valence-electron chi connectivity index (χ0n) is 17.3. The molecule has 3 aliphatic rings. The van der Waals surface area contributed by atoms with Gasteiger partial charge < -0.3 is 14.8 Å². The van der Waals surface area contributed by atoms with E-state index in [2.05, 4.69) is 39.3 Å². The first-order chi connectivity index (χ1) is 15.7. The minimum Gasteiger partial charge on any atom is -0.493 e. The summed E-state index contributed by atoms with van der Waals surface area (Å²) in [4.78, 5) is 20.8. The Morgan fingerprint density at radius 1 is 1.19 bits per heavy atom. The Labute approximate surface area is 189 Å². The minimum atomic E-state index is -0.00871. The van der Waals surface area contributed by atoms with Crippen molar-refractivity contribution in [3.8, 4) is 17.2 Å². The number of ether oxygens (including phenoxy) is 2.